The monoisotopic (exact) mass is 231 g/mol. The molecule has 0 bridgehead atoms. The Bertz CT molecular complexity index is 324. The molecule has 2 aliphatic carbocycles. The molecule has 2 fully saturated rings. The summed E-state index contributed by atoms with van der Waals surface area (Å²) in [6.45, 7) is 3.84. The Morgan fingerprint density at radius 3 is 2.53 bits per heavy atom. The lowest BCUT2D eigenvalue weighted by Crippen LogP contribution is -2.65. The Labute approximate surface area is 106 Å². The summed E-state index contributed by atoms with van der Waals surface area (Å²) in [7, 11) is 0. The lowest BCUT2D eigenvalue weighted by Gasteiger charge is -2.58. The van der Waals surface area contributed by atoms with E-state index in [1.165, 1.54) is 51.5 Å². The Balaban J connectivity index is 1.69. The van der Waals surface area contributed by atoms with Crippen molar-refractivity contribution in [2.24, 2.45) is 5.92 Å². The molecule has 0 aromatic carbocycles. The molecule has 0 radical (unpaired) electrons. The molecular weight excluding hydrogens is 206 g/mol. The van der Waals surface area contributed by atoms with Crippen LogP contribution in [0.5, 0.6) is 0 Å². The molecule has 1 aliphatic heterocycles. The van der Waals surface area contributed by atoms with Gasteiger partial charge in [0, 0.05) is 18.1 Å². The SMILES string of the molecule is CC1(C2C=CC=CC2)CCN1C1CCCCC1. The predicted octanol–water partition coefficient (Wildman–Crippen LogP) is 3.92. The molecule has 1 nitrogen and oxygen atoms in total. The van der Waals surface area contributed by atoms with Crippen molar-refractivity contribution in [2.75, 3.05) is 6.54 Å². The average molecular weight is 231 g/mol. The minimum absolute atomic E-state index is 0.462. The summed E-state index contributed by atoms with van der Waals surface area (Å²) in [5.41, 5.74) is 0.462. The van der Waals surface area contributed by atoms with E-state index in [1.54, 1.807) is 0 Å². The first-order valence-corrected chi connectivity index (χ1v) is 7.41. The first-order valence-electron chi connectivity index (χ1n) is 7.41. The van der Waals surface area contributed by atoms with Crippen molar-refractivity contribution in [2.45, 2.75) is 63.5 Å². The van der Waals surface area contributed by atoms with Crippen molar-refractivity contribution in [1.82, 2.24) is 4.90 Å². The van der Waals surface area contributed by atoms with Gasteiger partial charge in [-0.05, 0) is 38.5 Å². The quantitative estimate of drug-likeness (QED) is 0.696. The third-order valence-corrected chi connectivity index (χ3v) is 5.31. The predicted molar refractivity (Wildman–Crippen MR) is 73.0 cm³/mol. The van der Waals surface area contributed by atoms with Gasteiger partial charge in [-0.3, -0.25) is 4.90 Å². The molecule has 0 amide bonds. The molecule has 0 spiro atoms. The smallest absolute Gasteiger partial charge is 0.0262 e. The minimum atomic E-state index is 0.462. The van der Waals surface area contributed by atoms with Crippen LogP contribution < -0.4 is 0 Å². The van der Waals surface area contributed by atoms with E-state index in [4.69, 9.17) is 0 Å². The van der Waals surface area contributed by atoms with Gasteiger partial charge in [0.2, 0.25) is 0 Å². The zero-order valence-corrected chi connectivity index (χ0v) is 11.1. The van der Waals surface area contributed by atoms with Gasteiger partial charge in [0.05, 0.1) is 0 Å². The van der Waals surface area contributed by atoms with E-state index >= 15 is 0 Å². The molecule has 1 heteroatoms. The number of hydrogen-bond donors (Lipinski definition) is 0. The number of rotatable bonds is 2. The van der Waals surface area contributed by atoms with Crippen LogP contribution in [0, 0.1) is 5.92 Å². The standard InChI is InChI=1S/C16H25N/c1-16(14-8-4-2-5-9-14)12-13-17(16)15-10-6-3-7-11-15/h2,4-5,8,14-15H,3,6-7,9-13H2,1H3. The topological polar surface area (TPSA) is 3.24 Å². The molecule has 17 heavy (non-hydrogen) atoms. The summed E-state index contributed by atoms with van der Waals surface area (Å²) in [5.74, 6) is 0.753. The van der Waals surface area contributed by atoms with Gasteiger partial charge < -0.3 is 0 Å². The second kappa shape index (κ2) is 4.61. The van der Waals surface area contributed by atoms with Crippen molar-refractivity contribution in [3.63, 3.8) is 0 Å². The highest BCUT2D eigenvalue weighted by molar-refractivity contribution is 5.18. The number of nitrogens with zero attached hydrogens (tertiary/aromatic N) is 1. The molecule has 94 valence electrons. The van der Waals surface area contributed by atoms with Crippen molar-refractivity contribution in [1.29, 1.82) is 0 Å². The fourth-order valence-corrected chi connectivity index (χ4v) is 4.03. The first kappa shape index (κ1) is 11.5. The summed E-state index contributed by atoms with van der Waals surface area (Å²) >= 11 is 0. The van der Waals surface area contributed by atoms with Gasteiger partial charge in [-0.25, -0.2) is 0 Å². The number of allylic oxidation sites excluding steroid dienone is 3. The lowest BCUT2D eigenvalue weighted by atomic mass is 9.70. The zero-order valence-electron chi connectivity index (χ0n) is 11.1. The highest BCUT2D eigenvalue weighted by atomic mass is 15.3. The van der Waals surface area contributed by atoms with Crippen LogP contribution in [-0.4, -0.2) is 23.0 Å². The second-order valence-electron chi connectivity index (χ2n) is 6.25. The van der Waals surface area contributed by atoms with Gasteiger partial charge in [0.15, 0.2) is 0 Å². The highest BCUT2D eigenvalue weighted by Crippen LogP contribution is 2.44. The molecule has 0 aromatic heterocycles. The molecule has 1 saturated carbocycles. The molecule has 1 saturated heterocycles. The Kier molecular flexibility index (Phi) is 3.12. The van der Waals surface area contributed by atoms with Gasteiger partial charge >= 0.3 is 0 Å². The molecule has 2 atom stereocenters. The fourth-order valence-electron chi connectivity index (χ4n) is 4.03. The molecule has 1 heterocycles. The summed E-state index contributed by atoms with van der Waals surface area (Å²) < 4.78 is 0. The maximum absolute atomic E-state index is 2.83. The third kappa shape index (κ3) is 1.99. The van der Waals surface area contributed by atoms with Crippen LogP contribution in [0.1, 0.15) is 51.9 Å². The maximum Gasteiger partial charge on any atom is 0.0262 e. The number of likely N-dealkylation sites (tertiary alicyclic amines) is 1. The van der Waals surface area contributed by atoms with Gasteiger partial charge in [0.1, 0.15) is 0 Å². The summed E-state index contributed by atoms with van der Waals surface area (Å²) in [6, 6.07) is 0.891. The third-order valence-electron chi connectivity index (χ3n) is 5.31. The molecule has 0 N–H and O–H groups in total. The maximum atomic E-state index is 2.83. The van der Waals surface area contributed by atoms with Crippen molar-refractivity contribution >= 4 is 0 Å². The first-order chi connectivity index (χ1) is 8.31. The van der Waals surface area contributed by atoms with Crippen LogP contribution in [-0.2, 0) is 0 Å². The summed E-state index contributed by atoms with van der Waals surface area (Å²) in [4.78, 5) is 2.83. The van der Waals surface area contributed by atoms with Gasteiger partial charge in [0.25, 0.3) is 0 Å². The molecule has 0 aromatic rings. The van der Waals surface area contributed by atoms with E-state index in [2.05, 4.69) is 36.1 Å². The van der Waals surface area contributed by atoms with E-state index in [9.17, 15) is 0 Å². The van der Waals surface area contributed by atoms with E-state index < -0.39 is 0 Å². The number of hydrogen-bond acceptors (Lipinski definition) is 1. The molecular formula is C16H25N. The van der Waals surface area contributed by atoms with Crippen LogP contribution >= 0.6 is 0 Å². The van der Waals surface area contributed by atoms with E-state index in [-0.39, 0.29) is 0 Å². The van der Waals surface area contributed by atoms with Crippen molar-refractivity contribution in [3.8, 4) is 0 Å². The van der Waals surface area contributed by atoms with E-state index in [0.717, 1.165) is 12.0 Å². The van der Waals surface area contributed by atoms with Crippen LogP contribution in [0.15, 0.2) is 24.3 Å². The Hall–Kier alpha value is -0.560. The highest BCUT2D eigenvalue weighted by Gasteiger charge is 2.47. The van der Waals surface area contributed by atoms with Crippen LogP contribution in [0.2, 0.25) is 0 Å². The largest absolute Gasteiger partial charge is 0.294 e. The van der Waals surface area contributed by atoms with Crippen molar-refractivity contribution in [3.05, 3.63) is 24.3 Å². The Morgan fingerprint density at radius 2 is 1.94 bits per heavy atom. The average Bonchev–Trinajstić information content (AvgIpc) is 2.39. The lowest BCUT2D eigenvalue weighted by molar-refractivity contribution is -0.0740. The minimum Gasteiger partial charge on any atom is -0.294 e. The van der Waals surface area contributed by atoms with Crippen LogP contribution in [0.4, 0.5) is 0 Å². The van der Waals surface area contributed by atoms with Crippen LogP contribution in [0.3, 0.4) is 0 Å². The van der Waals surface area contributed by atoms with Crippen LogP contribution in [0.25, 0.3) is 0 Å². The summed E-state index contributed by atoms with van der Waals surface area (Å²) in [6.07, 6.45) is 19.1. The second-order valence-corrected chi connectivity index (χ2v) is 6.25. The van der Waals surface area contributed by atoms with E-state index in [1.807, 2.05) is 0 Å². The van der Waals surface area contributed by atoms with E-state index in [0.29, 0.717) is 5.54 Å². The summed E-state index contributed by atoms with van der Waals surface area (Å²) in [5, 5.41) is 0. The van der Waals surface area contributed by atoms with Gasteiger partial charge in [-0.15, -0.1) is 0 Å². The normalized spacial score (nSPS) is 39.2. The van der Waals surface area contributed by atoms with Crippen molar-refractivity contribution < 1.29 is 0 Å². The van der Waals surface area contributed by atoms with Gasteiger partial charge in [-0.2, -0.15) is 0 Å². The molecule has 2 unspecified atom stereocenters. The van der Waals surface area contributed by atoms with Gasteiger partial charge in [-0.1, -0.05) is 43.6 Å². The Morgan fingerprint density at radius 1 is 1.12 bits per heavy atom. The molecule has 3 rings (SSSR count). The molecule has 3 aliphatic rings. The fraction of sp³-hybridized carbons (Fsp3) is 0.750. The zero-order chi connectivity index (χ0) is 11.7.